The lowest BCUT2D eigenvalue weighted by atomic mass is 10.0. The van der Waals surface area contributed by atoms with Crippen LogP contribution in [-0.4, -0.2) is 25.7 Å². The third kappa shape index (κ3) is 3.35. The van der Waals surface area contributed by atoms with Gasteiger partial charge in [-0.05, 0) is 31.9 Å². The Morgan fingerprint density at radius 2 is 1.88 bits per heavy atom. The second-order valence-corrected chi connectivity index (χ2v) is 6.68. The number of para-hydroxylation sites is 1. The van der Waals surface area contributed by atoms with Crippen LogP contribution in [0.25, 0.3) is 5.69 Å². The molecule has 0 radical (unpaired) electrons. The van der Waals surface area contributed by atoms with Crippen LogP contribution in [0.15, 0.2) is 48.8 Å². The molecule has 0 unspecified atom stereocenters. The quantitative estimate of drug-likeness (QED) is 0.777. The molecular formula is C20H21N5O. The van der Waals surface area contributed by atoms with E-state index in [4.69, 9.17) is 5.10 Å². The molecule has 2 heterocycles. The van der Waals surface area contributed by atoms with E-state index in [1.807, 2.05) is 43.3 Å². The SMILES string of the molecule is Cc1cnc(C(=O)Nc2cc(C3CCCC3)nn2-c2ccccc2)cn1. The van der Waals surface area contributed by atoms with Gasteiger partial charge in [0.25, 0.3) is 5.91 Å². The Hall–Kier alpha value is -3.02. The smallest absolute Gasteiger partial charge is 0.277 e. The highest BCUT2D eigenvalue weighted by Gasteiger charge is 2.23. The van der Waals surface area contributed by atoms with Crippen molar-refractivity contribution in [3.63, 3.8) is 0 Å². The molecule has 1 saturated carbocycles. The summed E-state index contributed by atoms with van der Waals surface area (Å²) in [6.45, 7) is 1.84. The number of nitrogens with one attached hydrogen (secondary N) is 1. The normalized spacial score (nSPS) is 14.5. The number of nitrogens with zero attached hydrogens (tertiary/aromatic N) is 4. The lowest BCUT2D eigenvalue weighted by Crippen LogP contribution is -2.16. The Morgan fingerprint density at radius 1 is 1.12 bits per heavy atom. The van der Waals surface area contributed by atoms with Gasteiger partial charge in [-0.1, -0.05) is 31.0 Å². The fourth-order valence-corrected chi connectivity index (χ4v) is 3.37. The van der Waals surface area contributed by atoms with Crippen LogP contribution in [0.3, 0.4) is 0 Å². The summed E-state index contributed by atoms with van der Waals surface area (Å²) in [4.78, 5) is 20.9. The third-order valence-corrected chi connectivity index (χ3v) is 4.76. The second kappa shape index (κ2) is 7.07. The number of amides is 1. The summed E-state index contributed by atoms with van der Waals surface area (Å²) >= 11 is 0. The summed E-state index contributed by atoms with van der Waals surface area (Å²) in [5.74, 6) is 0.841. The average Bonchev–Trinajstić information content (AvgIpc) is 3.33. The summed E-state index contributed by atoms with van der Waals surface area (Å²) < 4.78 is 1.80. The molecule has 1 N–H and O–H groups in total. The molecule has 1 aliphatic carbocycles. The zero-order valence-corrected chi connectivity index (χ0v) is 14.7. The summed E-state index contributed by atoms with van der Waals surface area (Å²) in [5.41, 5.74) is 3.02. The van der Waals surface area contributed by atoms with E-state index < -0.39 is 0 Å². The molecule has 0 aliphatic heterocycles. The molecule has 0 spiro atoms. The fourth-order valence-electron chi connectivity index (χ4n) is 3.37. The largest absolute Gasteiger partial charge is 0.305 e. The minimum atomic E-state index is -0.285. The first-order valence-electron chi connectivity index (χ1n) is 8.96. The number of carbonyl (C=O) groups excluding carboxylic acids is 1. The zero-order valence-electron chi connectivity index (χ0n) is 14.7. The van der Waals surface area contributed by atoms with Gasteiger partial charge in [-0.25, -0.2) is 9.67 Å². The molecule has 1 fully saturated rings. The van der Waals surface area contributed by atoms with Crippen LogP contribution in [0.2, 0.25) is 0 Å². The highest BCUT2D eigenvalue weighted by atomic mass is 16.2. The van der Waals surface area contributed by atoms with E-state index in [0.717, 1.165) is 29.9 Å². The first kappa shape index (κ1) is 16.4. The second-order valence-electron chi connectivity index (χ2n) is 6.68. The van der Waals surface area contributed by atoms with Gasteiger partial charge < -0.3 is 5.32 Å². The monoisotopic (exact) mass is 347 g/mol. The molecule has 0 bridgehead atoms. The van der Waals surface area contributed by atoms with Crippen molar-refractivity contribution in [1.29, 1.82) is 0 Å². The van der Waals surface area contributed by atoms with Crippen molar-refractivity contribution >= 4 is 11.7 Å². The molecule has 6 nitrogen and oxygen atoms in total. The van der Waals surface area contributed by atoms with Gasteiger partial charge >= 0.3 is 0 Å². The zero-order chi connectivity index (χ0) is 17.9. The molecule has 1 aliphatic rings. The molecular weight excluding hydrogens is 326 g/mol. The highest BCUT2D eigenvalue weighted by molar-refractivity contribution is 6.02. The van der Waals surface area contributed by atoms with Crippen LogP contribution in [0, 0.1) is 6.92 Å². The minimum Gasteiger partial charge on any atom is -0.305 e. The fraction of sp³-hybridized carbons (Fsp3) is 0.300. The topological polar surface area (TPSA) is 72.7 Å². The molecule has 132 valence electrons. The van der Waals surface area contributed by atoms with Crippen LogP contribution in [0.5, 0.6) is 0 Å². The van der Waals surface area contributed by atoms with E-state index in [2.05, 4.69) is 15.3 Å². The minimum absolute atomic E-state index is 0.285. The molecule has 6 heteroatoms. The van der Waals surface area contributed by atoms with Gasteiger partial charge in [-0.3, -0.25) is 9.78 Å². The predicted molar refractivity (Wildman–Crippen MR) is 99.5 cm³/mol. The number of benzene rings is 1. The Balaban J connectivity index is 1.67. The maximum atomic E-state index is 12.6. The van der Waals surface area contributed by atoms with E-state index in [1.165, 1.54) is 19.0 Å². The summed E-state index contributed by atoms with van der Waals surface area (Å²) in [6, 6.07) is 11.8. The maximum Gasteiger partial charge on any atom is 0.277 e. The Morgan fingerprint density at radius 3 is 2.58 bits per heavy atom. The number of hydrogen-bond donors (Lipinski definition) is 1. The van der Waals surface area contributed by atoms with E-state index in [9.17, 15) is 4.79 Å². The van der Waals surface area contributed by atoms with E-state index in [0.29, 0.717) is 17.4 Å². The van der Waals surface area contributed by atoms with E-state index in [1.54, 1.807) is 10.9 Å². The number of rotatable bonds is 4. The van der Waals surface area contributed by atoms with Crippen molar-refractivity contribution in [3.8, 4) is 5.69 Å². The lowest BCUT2D eigenvalue weighted by Gasteiger charge is -2.08. The highest BCUT2D eigenvalue weighted by Crippen LogP contribution is 2.35. The molecule has 2 aromatic heterocycles. The van der Waals surface area contributed by atoms with E-state index >= 15 is 0 Å². The van der Waals surface area contributed by atoms with Gasteiger partial charge in [0.2, 0.25) is 0 Å². The Kier molecular flexibility index (Phi) is 4.48. The number of aryl methyl sites for hydroxylation is 1. The average molecular weight is 347 g/mol. The third-order valence-electron chi connectivity index (χ3n) is 4.76. The van der Waals surface area contributed by atoms with Crippen LogP contribution in [0.1, 0.15) is 53.5 Å². The molecule has 0 atom stereocenters. The molecule has 1 aromatic carbocycles. The van der Waals surface area contributed by atoms with Crippen molar-refractivity contribution in [2.45, 2.75) is 38.5 Å². The molecule has 4 rings (SSSR count). The number of carbonyl (C=O) groups is 1. The molecule has 0 saturated heterocycles. The van der Waals surface area contributed by atoms with Crippen LogP contribution >= 0.6 is 0 Å². The lowest BCUT2D eigenvalue weighted by molar-refractivity contribution is 0.102. The summed E-state index contributed by atoms with van der Waals surface area (Å²) in [6.07, 6.45) is 7.87. The first-order chi connectivity index (χ1) is 12.7. The number of hydrogen-bond acceptors (Lipinski definition) is 4. The summed E-state index contributed by atoms with van der Waals surface area (Å²) in [7, 11) is 0. The van der Waals surface area contributed by atoms with Gasteiger partial charge in [0.1, 0.15) is 11.5 Å². The van der Waals surface area contributed by atoms with Crippen LogP contribution < -0.4 is 5.32 Å². The van der Waals surface area contributed by atoms with Crippen molar-refractivity contribution < 1.29 is 4.79 Å². The van der Waals surface area contributed by atoms with Crippen molar-refractivity contribution in [2.75, 3.05) is 5.32 Å². The van der Waals surface area contributed by atoms with Crippen LogP contribution in [0.4, 0.5) is 5.82 Å². The number of aromatic nitrogens is 4. The van der Waals surface area contributed by atoms with Gasteiger partial charge in [-0.15, -0.1) is 0 Å². The Labute approximate surface area is 152 Å². The Bertz CT molecular complexity index is 896. The van der Waals surface area contributed by atoms with Crippen LogP contribution in [-0.2, 0) is 0 Å². The van der Waals surface area contributed by atoms with Gasteiger partial charge in [0, 0.05) is 18.2 Å². The van der Waals surface area contributed by atoms with Gasteiger partial charge in [-0.2, -0.15) is 5.10 Å². The standard InChI is InChI=1S/C20H21N5O/c1-14-12-22-18(13-21-14)20(26)23-19-11-17(15-7-5-6-8-15)24-25(19)16-9-3-2-4-10-16/h2-4,9-13,15H,5-8H2,1H3,(H,23,26). The van der Waals surface area contributed by atoms with Crippen molar-refractivity contribution in [3.05, 3.63) is 65.9 Å². The number of anilines is 1. The van der Waals surface area contributed by atoms with Crippen molar-refractivity contribution in [2.24, 2.45) is 0 Å². The van der Waals surface area contributed by atoms with Gasteiger partial charge in [0.05, 0.1) is 23.3 Å². The maximum absolute atomic E-state index is 12.6. The van der Waals surface area contributed by atoms with Crippen molar-refractivity contribution in [1.82, 2.24) is 19.7 Å². The molecule has 3 aromatic rings. The predicted octanol–water partition coefficient (Wildman–Crippen LogP) is 3.88. The summed E-state index contributed by atoms with van der Waals surface area (Å²) in [5, 5.41) is 7.74. The van der Waals surface area contributed by atoms with E-state index in [-0.39, 0.29) is 5.91 Å². The first-order valence-corrected chi connectivity index (χ1v) is 8.96. The molecule has 1 amide bonds. The van der Waals surface area contributed by atoms with Gasteiger partial charge in [0.15, 0.2) is 0 Å². The molecule has 26 heavy (non-hydrogen) atoms.